The molecule has 0 saturated heterocycles. The summed E-state index contributed by atoms with van der Waals surface area (Å²) in [4.78, 5) is 16.0. The Bertz CT molecular complexity index is 599. The lowest BCUT2D eigenvalue weighted by Crippen LogP contribution is -2.11. The molecule has 0 aliphatic carbocycles. The van der Waals surface area contributed by atoms with E-state index >= 15 is 0 Å². The van der Waals surface area contributed by atoms with Crippen LogP contribution in [0.15, 0.2) is 40.7 Å². The van der Waals surface area contributed by atoms with Gasteiger partial charge in [0.1, 0.15) is 4.21 Å². The van der Waals surface area contributed by atoms with Gasteiger partial charge in [0.25, 0.3) is 5.91 Å². The van der Waals surface area contributed by atoms with E-state index in [9.17, 15) is 9.00 Å². The van der Waals surface area contributed by atoms with Crippen LogP contribution in [-0.4, -0.2) is 26.3 Å². The molecule has 0 saturated carbocycles. The van der Waals surface area contributed by atoms with E-state index in [-0.39, 0.29) is 11.4 Å². The third-order valence-corrected chi connectivity index (χ3v) is 5.38. The number of carbonyl (C=O) groups excluding carboxylic acids is 1. The van der Waals surface area contributed by atoms with Gasteiger partial charge in [-0.25, -0.2) is 4.98 Å². The predicted octanol–water partition coefficient (Wildman–Crippen LogP) is 2.48. The maximum atomic E-state index is 11.9. The monoisotopic (exact) mass is 326 g/mol. The zero-order chi connectivity index (χ0) is 14.4. The number of unbranched alkanes of at least 4 members (excludes halogenated alkanes) is 1. The summed E-state index contributed by atoms with van der Waals surface area (Å²) < 4.78 is 12.7. The molecule has 0 radical (unpaired) electrons. The Morgan fingerprint density at radius 1 is 1.33 bits per heavy atom. The van der Waals surface area contributed by atoms with Gasteiger partial charge in [-0.15, -0.1) is 0 Å². The summed E-state index contributed by atoms with van der Waals surface area (Å²) in [5, 5.41) is 3.21. The maximum Gasteiger partial charge on any atom is 0.257 e. The van der Waals surface area contributed by atoms with Crippen LogP contribution in [0.2, 0.25) is 0 Å². The minimum atomic E-state index is -1.02. The molecule has 0 aliphatic rings. The second-order valence-corrected chi connectivity index (χ2v) is 7.04. The Balaban J connectivity index is 0.00000220. The summed E-state index contributed by atoms with van der Waals surface area (Å²) in [6, 6.07) is 8.95. The van der Waals surface area contributed by atoms with E-state index in [1.165, 1.54) is 11.3 Å². The predicted molar refractivity (Wildman–Crippen MR) is 86.3 cm³/mol. The molecule has 114 valence electrons. The van der Waals surface area contributed by atoms with Crippen molar-refractivity contribution in [3.05, 3.63) is 42.1 Å². The van der Waals surface area contributed by atoms with Crippen LogP contribution in [0.3, 0.4) is 0 Å². The molecule has 0 fully saturated rings. The van der Waals surface area contributed by atoms with Gasteiger partial charge in [0.15, 0.2) is 5.13 Å². The molecule has 0 aliphatic heterocycles. The molecule has 1 amide bonds. The van der Waals surface area contributed by atoms with Gasteiger partial charge >= 0.3 is 0 Å². The van der Waals surface area contributed by atoms with E-state index in [0.717, 1.165) is 12.8 Å². The molecule has 1 heterocycles. The van der Waals surface area contributed by atoms with Gasteiger partial charge in [-0.05, 0) is 18.6 Å². The molecule has 1 aromatic carbocycles. The van der Waals surface area contributed by atoms with Crippen molar-refractivity contribution < 1.29 is 14.5 Å². The fraction of sp³-hybridized carbons (Fsp3) is 0.286. The van der Waals surface area contributed by atoms with Crippen molar-refractivity contribution in [2.24, 2.45) is 0 Å². The molecule has 7 heteroatoms. The van der Waals surface area contributed by atoms with Crippen LogP contribution in [-0.2, 0) is 10.8 Å². The molecule has 5 nitrogen and oxygen atoms in total. The van der Waals surface area contributed by atoms with E-state index in [1.54, 1.807) is 18.3 Å². The van der Waals surface area contributed by atoms with Crippen molar-refractivity contribution in [2.75, 3.05) is 11.1 Å². The smallest absolute Gasteiger partial charge is 0.257 e. The van der Waals surface area contributed by atoms with Gasteiger partial charge in [0.05, 0.1) is 17.0 Å². The lowest BCUT2D eigenvalue weighted by Gasteiger charge is -2.00. The van der Waals surface area contributed by atoms with Crippen LogP contribution in [0.4, 0.5) is 5.13 Å². The van der Waals surface area contributed by atoms with Crippen molar-refractivity contribution in [2.45, 2.75) is 24.0 Å². The molecule has 3 N–H and O–H groups in total. The van der Waals surface area contributed by atoms with E-state index in [4.69, 9.17) is 0 Å². The highest BCUT2D eigenvalue weighted by molar-refractivity contribution is 7.87. The number of anilines is 1. The van der Waals surface area contributed by atoms with E-state index in [2.05, 4.69) is 17.2 Å². The van der Waals surface area contributed by atoms with Crippen LogP contribution in [0.1, 0.15) is 30.1 Å². The molecular weight excluding hydrogens is 308 g/mol. The van der Waals surface area contributed by atoms with Crippen LogP contribution in [0.25, 0.3) is 0 Å². The summed E-state index contributed by atoms with van der Waals surface area (Å²) in [5.41, 5.74) is 0.580. The lowest BCUT2D eigenvalue weighted by atomic mass is 10.2. The number of hydrogen-bond acceptors (Lipinski definition) is 4. The normalized spacial score (nSPS) is 11.5. The summed E-state index contributed by atoms with van der Waals surface area (Å²) in [5.74, 6) is 0.441. The molecular formula is C14H18N2O3S2. The number of benzene rings is 1. The maximum absolute atomic E-state index is 11.9. The molecule has 1 aromatic heterocycles. The first-order valence-corrected chi connectivity index (χ1v) is 8.55. The Hall–Kier alpha value is -1.57. The van der Waals surface area contributed by atoms with Crippen LogP contribution >= 0.6 is 11.3 Å². The summed E-state index contributed by atoms with van der Waals surface area (Å²) in [6.07, 6.45) is 3.52. The molecule has 2 aromatic rings. The topological polar surface area (TPSA) is 90.6 Å². The number of rotatable bonds is 6. The van der Waals surface area contributed by atoms with Gasteiger partial charge < -0.3 is 5.48 Å². The highest BCUT2D eigenvalue weighted by atomic mass is 32.2. The minimum Gasteiger partial charge on any atom is -0.412 e. The van der Waals surface area contributed by atoms with Gasteiger partial charge in [0, 0.05) is 11.3 Å². The Labute approximate surface area is 130 Å². The zero-order valence-corrected chi connectivity index (χ0v) is 13.3. The molecule has 1 unspecified atom stereocenters. The Morgan fingerprint density at radius 2 is 2.05 bits per heavy atom. The van der Waals surface area contributed by atoms with Crippen molar-refractivity contribution in [3.8, 4) is 0 Å². The van der Waals surface area contributed by atoms with Crippen molar-refractivity contribution in [1.29, 1.82) is 0 Å². The number of nitrogens with one attached hydrogen (secondary N) is 1. The van der Waals surface area contributed by atoms with E-state index in [1.807, 2.05) is 18.2 Å². The molecule has 1 atom stereocenters. The average Bonchev–Trinajstić information content (AvgIpc) is 2.94. The second-order valence-electron chi connectivity index (χ2n) is 4.21. The first kappa shape index (κ1) is 17.5. The molecule has 2 rings (SSSR count). The van der Waals surface area contributed by atoms with Crippen molar-refractivity contribution in [3.63, 3.8) is 0 Å². The third-order valence-electron chi connectivity index (χ3n) is 2.65. The zero-order valence-electron chi connectivity index (χ0n) is 11.7. The highest BCUT2D eigenvalue weighted by Crippen LogP contribution is 2.22. The highest BCUT2D eigenvalue weighted by Gasteiger charge is 2.11. The fourth-order valence-electron chi connectivity index (χ4n) is 1.56. The first-order chi connectivity index (χ1) is 9.70. The van der Waals surface area contributed by atoms with Gasteiger partial charge in [-0.1, -0.05) is 42.9 Å². The molecule has 21 heavy (non-hydrogen) atoms. The largest absolute Gasteiger partial charge is 0.412 e. The third kappa shape index (κ3) is 5.04. The van der Waals surface area contributed by atoms with Gasteiger partial charge in [-0.2, -0.15) is 0 Å². The number of hydrogen-bond donors (Lipinski definition) is 1. The van der Waals surface area contributed by atoms with Crippen LogP contribution in [0, 0.1) is 0 Å². The molecule has 0 bridgehead atoms. The lowest BCUT2D eigenvalue weighted by molar-refractivity contribution is 0.102. The number of carbonyl (C=O) groups is 1. The van der Waals surface area contributed by atoms with Gasteiger partial charge in [0.2, 0.25) is 0 Å². The first-order valence-electron chi connectivity index (χ1n) is 6.41. The number of nitrogens with zero attached hydrogens (tertiary/aromatic N) is 1. The van der Waals surface area contributed by atoms with Crippen molar-refractivity contribution >= 4 is 33.2 Å². The van der Waals surface area contributed by atoms with Crippen LogP contribution < -0.4 is 5.32 Å². The standard InChI is InChI=1S/C14H16N2O2S2.H2O/c1-2-3-9-20(18)12-10-15-14(19-12)16-13(17)11-7-5-4-6-8-11;/h4-8,10H,2-3,9H2,1H3,(H,15,16,17);1H2. The quantitative estimate of drug-likeness (QED) is 0.884. The number of amides is 1. The second kappa shape index (κ2) is 8.66. The average molecular weight is 326 g/mol. The Kier molecular flexibility index (Phi) is 7.21. The summed E-state index contributed by atoms with van der Waals surface area (Å²) >= 11 is 1.27. The van der Waals surface area contributed by atoms with Crippen molar-refractivity contribution in [1.82, 2.24) is 4.98 Å². The molecule has 0 spiro atoms. The number of aromatic nitrogens is 1. The summed E-state index contributed by atoms with van der Waals surface area (Å²) in [6.45, 7) is 2.06. The number of thiazole rings is 1. The fourth-order valence-corrected chi connectivity index (χ4v) is 3.88. The van der Waals surface area contributed by atoms with Gasteiger partial charge in [-0.3, -0.25) is 14.3 Å². The van der Waals surface area contributed by atoms with E-state index < -0.39 is 10.8 Å². The van der Waals surface area contributed by atoms with E-state index in [0.29, 0.717) is 20.7 Å². The van der Waals surface area contributed by atoms with Crippen LogP contribution in [0.5, 0.6) is 0 Å². The SMILES string of the molecule is CCCCS(=O)c1cnc(NC(=O)c2ccccc2)s1.O. The summed E-state index contributed by atoms with van der Waals surface area (Å²) in [7, 11) is -1.02. The Morgan fingerprint density at radius 3 is 2.71 bits per heavy atom. The minimum absolute atomic E-state index is 0.